The molecule has 2 atom stereocenters. The van der Waals surface area contributed by atoms with Gasteiger partial charge < -0.3 is 14.6 Å². The van der Waals surface area contributed by atoms with Crippen molar-refractivity contribution < 1.29 is 14.6 Å². The summed E-state index contributed by atoms with van der Waals surface area (Å²) in [4.78, 5) is 0. The highest BCUT2D eigenvalue weighted by molar-refractivity contribution is 5.36. The van der Waals surface area contributed by atoms with Crippen molar-refractivity contribution in [1.29, 1.82) is 0 Å². The molecule has 13 heavy (non-hydrogen) atoms. The highest BCUT2D eigenvalue weighted by atomic mass is 16.6. The van der Waals surface area contributed by atoms with Crippen molar-refractivity contribution >= 4 is 0 Å². The predicted octanol–water partition coefficient (Wildman–Crippen LogP) is 1.02. The molecule has 1 aliphatic carbocycles. The van der Waals surface area contributed by atoms with Gasteiger partial charge in [0, 0.05) is 14.2 Å². The van der Waals surface area contributed by atoms with Crippen LogP contribution in [0.1, 0.15) is 0 Å². The summed E-state index contributed by atoms with van der Waals surface area (Å²) in [6, 6.07) is 0. The third-order valence-electron chi connectivity index (χ3n) is 2.06. The molecule has 0 aliphatic heterocycles. The molecule has 72 valence electrons. The van der Waals surface area contributed by atoms with E-state index >= 15 is 0 Å². The first-order valence-corrected chi connectivity index (χ1v) is 4.00. The Balaban J connectivity index is 2.95. The van der Waals surface area contributed by atoms with Gasteiger partial charge in [-0.3, -0.25) is 0 Å². The second kappa shape index (κ2) is 3.87. The van der Waals surface area contributed by atoms with Gasteiger partial charge in [0.25, 0.3) is 0 Å². The number of aliphatic hydroxyl groups is 1. The molecule has 0 aromatic carbocycles. The number of hydrogen-bond acceptors (Lipinski definition) is 3. The van der Waals surface area contributed by atoms with Gasteiger partial charge in [-0.2, -0.15) is 0 Å². The van der Waals surface area contributed by atoms with E-state index in [0.29, 0.717) is 0 Å². The fraction of sp³-hybridized carbons (Fsp3) is 0.400. The van der Waals surface area contributed by atoms with Gasteiger partial charge in [-0.1, -0.05) is 18.7 Å². The van der Waals surface area contributed by atoms with Crippen LogP contribution in [0.3, 0.4) is 0 Å². The van der Waals surface area contributed by atoms with E-state index in [4.69, 9.17) is 9.47 Å². The fourth-order valence-corrected chi connectivity index (χ4v) is 1.25. The lowest BCUT2D eigenvalue weighted by Crippen LogP contribution is -2.43. The van der Waals surface area contributed by atoms with Gasteiger partial charge >= 0.3 is 0 Å². The zero-order chi connectivity index (χ0) is 9.90. The van der Waals surface area contributed by atoms with Gasteiger partial charge in [-0.25, -0.2) is 0 Å². The Morgan fingerprint density at radius 2 is 2.31 bits per heavy atom. The number of rotatable bonds is 3. The molecular formula is C10H14O3. The highest BCUT2D eigenvalue weighted by Crippen LogP contribution is 2.24. The molecule has 0 heterocycles. The summed E-state index contributed by atoms with van der Waals surface area (Å²) in [6.45, 7) is 3.61. The molecular weight excluding hydrogens is 168 g/mol. The summed E-state index contributed by atoms with van der Waals surface area (Å²) in [5, 5.41) is 9.92. The maximum Gasteiger partial charge on any atom is 0.216 e. The molecule has 0 saturated heterocycles. The zero-order valence-corrected chi connectivity index (χ0v) is 7.86. The Bertz CT molecular complexity index is 255. The SMILES string of the molecule is C=CC1=CC(O)(OC)C(OC)C=C1. The van der Waals surface area contributed by atoms with Crippen LogP contribution in [0.25, 0.3) is 0 Å². The Morgan fingerprint density at radius 3 is 2.77 bits per heavy atom. The third-order valence-corrected chi connectivity index (χ3v) is 2.06. The van der Waals surface area contributed by atoms with Crippen molar-refractivity contribution in [2.75, 3.05) is 14.2 Å². The van der Waals surface area contributed by atoms with Crippen molar-refractivity contribution in [3.05, 3.63) is 36.5 Å². The summed E-state index contributed by atoms with van der Waals surface area (Å²) in [5.41, 5.74) is 0.817. The Labute approximate surface area is 78.0 Å². The highest BCUT2D eigenvalue weighted by Gasteiger charge is 2.35. The molecule has 0 fully saturated rings. The summed E-state index contributed by atoms with van der Waals surface area (Å²) in [5.74, 6) is -1.38. The number of hydrogen-bond donors (Lipinski definition) is 1. The summed E-state index contributed by atoms with van der Waals surface area (Å²) >= 11 is 0. The molecule has 0 aromatic rings. The topological polar surface area (TPSA) is 38.7 Å². The molecule has 2 unspecified atom stereocenters. The lowest BCUT2D eigenvalue weighted by atomic mass is 9.99. The van der Waals surface area contributed by atoms with Crippen LogP contribution in [-0.4, -0.2) is 31.2 Å². The molecule has 0 radical (unpaired) electrons. The minimum atomic E-state index is -1.38. The Morgan fingerprint density at radius 1 is 1.62 bits per heavy atom. The normalized spacial score (nSPS) is 32.8. The average Bonchev–Trinajstić information content (AvgIpc) is 2.17. The molecule has 1 rings (SSSR count). The molecule has 0 saturated carbocycles. The summed E-state index contributed by atoms with van der Waals surface area (Å²) in [7, 11) is 2.95. The first-order valence-electron chi connectivity index (χ1n) is 4.00. The van der Waals surface area contributed by atoms with Crippen LogP contribution in [0.5, 0.6) is 0 Å². The maximum atomic E-state index is 9.92. The van der Waals surface area contributed by atoms with Crippen molar-refractivity contribution in [3.63, 3.8) is 0 Å². The Kier molecular flexibility index (Phi) is 3.03. The molecule has 1 aliphatic rings. The van der Waals surface area contributed by atoms with E-state index < -0.39 is 11.9 Å². The van der Waals surface area contributed by atoms with Gasteiger partial charge in [0.2, 0.25) is 5.79 Å². The molecule has 0 spiro atoms. The van der Waals surface area contributed by atoms with Crippen LogP contribution in [0.15, 0.2) is 36.5 Å². The van der Waals surface area contributed by atoms with E-state index in [1.165, 1.54) is 14.2 Å². The number of ether oxygens (including phenoxy) is 2. The van der Waals surface area contributed by atoms with Gasteiger partial charge in [-0.05, 0) is 17.7 Å². The first-order chi connectivity index (χ1) is 6.16. The van der Waals surface area contributed by atoms with Gasteiger partial charge in [0.15, 0.2) is 0 Å². The third kappa shape index (κ3) is 1.88. The van der Waals surface area contributed by atoms with E-state index in [1.54, 1.807) is 18.2 Å². The van der Waals surface area contributed by atoms with E-state index in [9.17, 15) is 5.11 Å². The Hall–Kier alpha value is -0.900. The van der Waals surface area contributed by atoms with Gasteiger partial charge in [-0.15, -0.1) is 0 Å². The lowest BCUT2D eigenvalue weighted by Gasteiger charge is -2.31. The van der Waals surface area contributed by atoms with E-state index in [-0.39, 0.29) is 0 Å². The minimum Gasteiger partial charge on any atom is -0.371 e. The van der Waals surface area contributed by atoms with E-state index in [0.717, 1.165) is 5.57 Å². The molecule has 0 aromatic heterocycles. The van der Waals surface area contributed by atoms with Crippen LogP contribution in [-0.2, 0) is 9.47 Å². The molecule has 1 N–H and O–H groups in total. The first kappa shape index (κ1) is 10.2. The zero-order valence-electron chi connectivity index (χ0n) is 7.86. The number of allylic oxidation sites excluding steroid dienone is 3. The van der Waals surface area contributed by atoms with Crippen LogP contribution < -0.4 is 0 Å². The van der Waals surface area contributed by atoms with Gasteiger partial charge in [0.1, 0.15) is 6.10 Å². The van der Waals surface area contributed by atoms with Gasteiger partial charge in [0.05, 0.1) is 0 Å². The van der Waals surface area contributed by atoms with Crippen molar-refractivity contribution in [2.24, 2.45) is 0 Å². The second-order valence-corrected chi connectivity index (χ2v) is 2.82. The molecule has 0 amide bonds. The largest absolute Gasteiger partial charge is 0.371 e. The molecule has 0 bridgehead atoms. The van der Waals surface area contributed by atoms with Crippen LogP contribution in [0, 0.1) is 0 Å². The monoisotopic (exact) mass is 182 g/mol. The molecule has 3 heteroatoms. The minimum absolute atomic E-state index is 0.471. The predicted molar refractivity (Wildman–Crippen MR) is 50.2 cm³/mol. The van der Waals surface area contributed by atoms with E-state index in [1.807, 2.05) is 6.08 Å². The van der Waals surface area contributed by atoms with Crippen molar-refractivity contribution in [3.8, 4) is 0 Å². The van der Waals surface area contributed by atoms with Crippen molar-refractivity contribution in [1.82, 2.24) is 0 Å². The fourth-order valence-electron chi connectivity index (χ4n) is 1.25. The summed E-state index contributed by atoms with van der Waals surface area (Å²) < 4.78 is 10.0. The smallest absolute Gasteiger partial charge is 0.216 e. The maximum absolute atomic E-state index is 9.92. The lowest BCUT2D eigenvalue weighted by molar-refractivity contribution is -0.203. The quantitative estimate of drug-likeness (QED) is 0.662. The van der Waals surface area contributed by atoms with Crippen molar-refractivity contribution in [2.45, 2.75) is 11.9 Å². The summed E-state index contributed by atoms with van der Waals surface area (Å²) in [6.07, 6.45) is 6.32. The standard InChI is InChI=1S/C10H14O3/c1-4-8-5-6-9(12-2)10(11,7-8)13-3/h4-7,9,11H,1H2,2-3H3. The molecule has 3 nitrogen and oxygen atoms in total. The van der Waals surface area contributed by atoms with Crippen LogP contribution in [0.4, 0.5) is 0 Å². The number of methoxy groups -OCH3 is 2. The second-order valence-electron chi connectivity index (χ2n) is 2.82. The van der Waals surface area contributed by atoms with Crippen LogP contribution >= 0.6 is 0 Å². The van der Waals surface area contributed by atoms with Crippen LogP contribution in [0.2, 0.25) is 0 Å². The van der Waals surface area contributed by atoms with E-state index in [2.05, 4.69) is 6.58 Å². The average molecular weight is 182 g/mol.